The fourth-order valence-electron chi connectivity index (χ4n) is 8.22. The van der Waals surface area contributed by atoms with Crippen LogP contribution in [-0.4, -0.2) is 88.5 Å². The maximum Gasteiger partial charge on any atom is 0.391 e. The van der Waals surface area contributed by atoms with Gasteiger partial charge >= 0.3 is 12.1 Å². The van der Waals surface area contributed by atoms with E-state index >= 15 is 0 Å². The van der Waals surface area contributed by atoms with Gasteiger partial charge in [0.2, 0.25) is 17.7 Å². The lowest BCUT2D eigenvalue weighted by Gasteiger charge is -2.54. The van der Waals surface area contributed by atoms with Gasteiger partial charge in [0.15, 0.2) is 11.4 Å². The number of Topliss-reactive ketones (excluding diaryl/α,β-unsaturated/α-hetero) is 1. The number of nitrogens with one attached hydrogen (secondary N) is 5. The number of aliphatic carboxylic acids is 1. The number of fused-ring (bicyclic) bond motifs is 3. The number of anilines is 1. The number of hydrogen-bond donors (Lipinski definition) is 6. The van der Waals surface area contributed by atoms with Crippen LogP contribution in [0, 0.1) is 17.8 Å². The van der Waals surface area contributed by atoms with Crippen LogP contribution >= 0.6 is 0 Å². The topological polar surface area (TPSA) is 208 Å². The van der Waals surface area contributed by atoms with Crippen LogP contribution in [0.3, 0.4) is 0 Å². The second-order valence-electron chi connectivity index (χ2n) is 15.0. The zero-order chi connectivity index (χ0) is 41.8. The minimum Gasteiger partial charge on any atom is -0.478 e. The van der Waals surface area contributed by atoms with Crippen LogP contribution in [0.1, 0.15) is 73.9 Å². The third-order valence-electron chi connectivity index (χ3n) is 11.3. The molecule has 0 spiro atoms. The molecule has 1 aliphatic carbocycles. The van der Waals surface area contributed by atoms with Crippen molar-refractivity contribution in [3.8, 4) is 0 Å². The summed E-state index contributed by atoms with van der Waals surface area (Å²) in [5.41, 5.74) is -0.524. The maximum absolute atomic E-state index is 13.8. The number of pyridine rings is 1. The summed E-state index contributed by atoms with van der Waals surface area (Å²) in [4.78, 5) is 93.6. The van der Waals surface area contributed by atoms with Gasteiger partial charge in [-0.3, -0.25) is 33.7 Å². The zero-order valence-corrected chi connectivity index (χ0v) is 32.2. The number of halogens is 3. The van der Waals surface area contributed by atoms with E-state index < -0.39 is 77.9 Å². The van der Waals surface area contributed by atoms with Gasteiger partial charge in [0.25, 0.3) is 11.5 Å². The largest absolute Gasteiger partial charge is 0.478 e. The number of amides is 4. The number of rotatable bonds is 14. The first kappa shape index (κ1) is 42.6. The van der Waals surface area contributed by atoms with E-state index in [0.29, 0.717) is 24.2 Å². The van der Waals surface area contributed by atoms with Crippen molar-refractivity contribution in [3.05, 3.63) is 74.8 Å². The Morgan fingerprint density at radius 1 is 1.07 bits per heavy atom. The van der Waals surface area contributed by atoms with Gasteiger partial charge in [-0.05, 0) is 93.0 Å². The molecule has 18 heteroatoms. The average molecular weight is 800 g/mol. The number of hydrogen-bond acceptors (Lipinski definition) is 9. The number of carboxylic acid groups (broad SMARTS) is 1. The summed E-state index contributed by atoms with van der Waals surface area (Å²) < 4.78 is 42.2. The Labute approximate surface area is 326 Å². The standard InChI is InChI=1S/C39H48F3N7O8/c1-5-21(2)33(43-3)30(50)11-10-28(45-34(53)23-8-9-24-18-44-31(51)16-25(24)15-23)35(54)46-29-7-6-12-49(36(29)55)20-32(52)47-38(37(56)57)26-13-22(19-48(38)4)14-27(17-26)39(40,41)42/h6-9,12,15,22,26-28,43H,5,10-11,13-14,16-20H2,1-4H3,(H,44,51)(H,45,53)(H,46,54)(H,47,52)(H,56,57)/b33-21+. The molecule has 15 nitrogen and oxygen atoms in total. The van der Waals surface area contributed by atoms with E-state index in [0.717, 1.165) is 15.7 Å². The van der Waals surface area contributed by atoms with Crippen LogP contribution < -0.4 is 32.1 Å². The number of alkyl halides is 3. The van der Waals surface area contributed by atoms with Crippen molar-refractivity contribution in [2.45, 2.75) is 89.8 Å². The minimum absolute atomic E-state index is 0.00875. The summed E-state index contributed by atoms with van der Waals surface area (Å²) in [5.74, 6) is -7.70. The summed E-state index contributed by atoms with van der Waals surface area (Å²) in [5, 5.41) is 23.5. The molecule has 2 bridgehead atoms. The summed E-state index contributed by atoms with van der Waals surface area (Å²) in [6.07, 6.45) is -3.44. The lowest BCUT2D eigenvalue weighted by atomic mass is 9.66. The summed E-state index contributed by atoms with van der Waals surface area (Å²) >= 11 is 0. The fraction of sp³-hybridized carbons (Fsp3) is 0.513. The first-order valence-electron chi connectivity index (χ1n) is 18.8. The molecular formula is C39H48F3N7O8. The van der Waals surface area contributed by atoms with Gasteiger partial charge in [-0.25, -0.2) is 4.79 Å². The highest BCUT2D eigenvalue weighted by atomic mass is 19.4. The molecule has 308 valence electrons. The Bertz CT molecular complexity index is 2030. The highest BCUT2D eigenvalue weighted by Crippen LogP contribution is 2.49. The van der Waals surface area contributed by atoms with Crippen molar-refractivity contribution >= 4 is 41.1 Å². The Balaban J connectivity index is 1.35. The highest BCUT2D eigenvalue weighted by molar-refractivity contribution is 6.02. The molecule has 57 heavy (non-hydrogen) atoms. The summed E-state index contributed by atoms with van der Waals surface area (Å²) in [7, 11) is 3.02. The van der Waals surface area contributed by atoms with Crippen LogP contribution in [0.15, 0.2) is 52.6 Å². The Kier molecular flexibility index (Phi) is 12.9. The monoisotopic (exact) mass is 799 g/mol. The predicted molar refractivity (Wildman–Crippen MR) is 200 cm³/mol. The molecule has 5 atom stereocenters. The van der Waals surface area contributed by atoms with E-state index in [-0.39, 0.29) is 61.6 Å². The maximum atomic E-state index is 13.8. The van der Waals surface area contributed by atoms with Crippen molar-refractivity contribution in [2.24, 2.45) is 17.8 Å². The molecule has 1 aromatic carbocycles. The van der Waals surface area contributed by atoms with E-state index in [1.54, 1.807) is 32.2 Å². The number of likely N-dealkylation sites (tertiary alicyclic amines) is 1. The smallest absolute Gasteiger partial charge is 0.391 e. The zero-order valence-electron chi connectivity index (χ0n) is 32.2. The van der Waals surface area contributed by atoms with E-state index in [1.807, 2.05) is 6.92 Å². The van der Waals surface area contributed by atoms with E-state index in [9.17, 15) is 51.8 Å². The third kappa shape index (κ3) is 9.38. The molecule has 6 N–H and O–H groups in total. The first-order valence-corrected chi connectivity index (χ1v) is 18.8. The van der Waals surface area contributed by atoms with Crippen LogP contribution in [0.2, 0.25) is 0 Å². The number of piperidine rings is 1. The number of nitrogens with zero attached hydrogens (tertiary/aromatic N) is 2. The molecule has 1 saturated heterocycles. The normalized spacial score (nSPS) is 22.9. The molecule has 4 amide bonds. The quantitative estimate of drug-likeness (QED) is 0.154. The van der Waals surface area contributed by atoms with Crippen LogP contribution in [0.25, 0.3) is 0 Å². The van der Waals surface area contributed by atoms with Gasteiger partial charge in [0.05, 0.1) is 18.0 Å². The van der Waals surface area contributed by atoms with Gasteiger partial charge in [-0.1, -0.05) is 13.0 Å². The number of aromatic nitrogens is 1. The molecule has 5 rings (SSSR count). The van der Waals surface area contributed by atoms with Crippen LogP contribution in [0.4, 0.5) is 18.9 Å². The lowest BCUT2D eigenvalue weighted by molar-refractivity contribution is -0.211. The van der Waals surface area contributed by atoms with Crippen molar-refractivity contribution < 1.29 is 47.0 Å². The molecule has 3 heterocycles. The highest BCUT2D eigenvalue weighted by Gasteiger charge is 2.59. The molecule has 0 radical (unpaired) electrons. The number of ketones is 1. The number of likely N-dealkylation sites (N-methyl/N-ethyl adjacent to an activating group) is 2. The molecule has 5 unspecified atom stereocenters. The Morgan fingerprint density at radius 2 is 1.81 bits per heavy atom. The van der Waals surface area contributed by atoms with Gasteiger partial charge in [0, 0.05) is 44.2 Å². The number of benzene rings is 1. The lowest BCUT2D eigenvalue weighted by Crippen LogP contribution is -2.73. The second kappa shape index (κ2) is 17.3. The Morgan fingerprint density at radius 3 is 2.47 bits per heavy atom. The molecule has 2 aromatic rings. The minimum atomic E-state index is -4.53. The van der Waals surface area contributed by atoms with Crippen LogP contribution in [0.5, 0.6) is 0 Å². The van der Waals surface area contributed by atoms with Crippen molar-refractivity contribution in [1.82, 2.24) is 30.7 Å². The van der Waals surface area contributed by atoms with Gasteiger partial charge < -0.3 is 36.3 Å². The number of carbonyl (C=O) groups is 6. The SMILES string of the molecule is CC/C(C)=C(/NC)C(=O)CCC(NC(=O)c1ccc2c(c1)CC(=O)NC2)C(=O)Nc1cccn(CC(=O)NC2(C(=O)O)C3CC(CC(C(F)(F)F)C3)CN2C)c1=O. The summed E-state index contributed by atoms with van der Waals surface area (Å²) in [6, 6.07) is 6.05. The van der Waals surface area contributed by atoms with E-state index in [4.69, 9.17) is 0 Å². The predicted octanol–water partition coefficient (Wildman–Crippen LogP) is 2.45. The van der Waals surface area contributed by atoms with Crippen molar-refractivity contribution in [2.75, 3.05) is 26.0 Å². The van der Waals surface area contributed by atoms with Gasteiger partial charge in [-0.15, -0.1) is 0 Å². The second-order valence-corrected chi connectivity index (χ2v) is 15.0. The fourth-order valence-corrected chi connectivity index (χ4v) is 8.22. The van der Waals surface area contributed by atoms with Gasteiger partial charge in [-0.2, -0.15) is 13.2 Å². The van der Waals surface area contributed by atoms with Gasteiger partial charge in [0.1, 0.15) is 18.3 Å². The molecule has 2 fully saturated rings. The van der Waals surface area contributed by atoms with Crippen LogP contribution in [-0.2, 0) is 43.5 Å². The number of carboxylic acids is 1. The van der Waals surface area contributed by atoms with E-state index in [2.05, 4.69) is 26.6 Å². The molecule has 1 aromatic heterocycles. The molecule has 3 aliphatic rings. The average Bonchev–Trinajstić information content (AvgIpc) is 3.15. The summed E-state index contributed by atoms with van der Waals surface area (Å²) in [6.45, 7) is 3.25. The Hall–Kier alpha value is -5.52. The van der Waals surface area contributed by atoms with Crippen molar-refractivity contribution in [3.63, 3.8) is 0 Å². The molecule has 2 aliphatic heterocycles. The molecule has 1 saturated carbocycles. The van der Waals surface area contributed by atoms with Crippen molar-refractivity contribution in [1.29, 1.82) is 0 Å². The number of carbonyl (C=O) groups excluding carboxylic acids is 5. The first-order chi connectivity index (χ1) is 26.9. The third-order valence-corrected chi connectivity index (χ3v) is 11.3. The number of allylic oxidation sites excluding steroid dienone is 2. The molecular weight excluding hydrogens is 751 g/mol. The van der Waals surface area contributed by atoms with E-state index in [1.165, 1.54) is 30.3 Å².